The molecule has 0 aliphatic carbocycles. The molecule has 0 aliphatic rings. The number of carbonyl (C=O) groups excluding carboxylic acids is 2. The molecule has 24 heavy (non-hydrogen) atoms. The largest absolute Gasteiger partial charge is 0.465 e. The van der Waals surface area contributed by atoms with Crippen LogP contribution in [-0.4, -0.2) is 36.6 Å². The Kier molecular flexibility index (Phi) is 13.8. The highest BCUT2D eigenvalue weighted by atomic mass is 16.5. The van der Waals surface area contributed by atoms with Gasteiger partial charge in [-0.2, -0.15) is 0 Å². The Morgan fingerprint density at radius 1 is 0.625 bits per heavy atom. The van der Waals surface area contributed by atoms with Crippen molar-refractivity contribution in [2.24, 2.45) is 0 Å². The number of ether oxygens (including phenoxy) is 2. The first kappa shape index (κ1) is 22.3. The number of unbranched alkanes of at least 4 members (excludes halogenated alkanes) is 7. The molecule has 0 spiro atoms. The van der Waals surface area contributed by atoms with Gasteiger partial charge in [-0.1, -0.05) is 38.5 Å². The Labute approximate surface area is 145 Å². The Morgan fingerprint density at radius 2 is 0.917 bits per heavy atom. The summed E-state index contributed by atoms with van der Waals surface area (Å²) < 4.78 is 10.1. The molecule has 0 radical (unpaired) electrons. The fraction of sp³-hybridized carbons (Fsp3) is 0.778. The molecular weight excluding hydrogens is 308 g/mol. The van der Waals surface area contributed by atoms with Gasteiger partial charge in [0.1, 0.15) is 0 Å². The Morgan fingerprint density at radius 3 is 1.21 bits per heavy atom. The van der Waals surface area contributed by atoms with Crippen molar-refractivity contribution in [2.75, 3.05) is 13.2 Å². The number of hydrogen-bond acceptors (Lipinski definition) is 6. The molecule has 6 nitrogen and oxygen atoms in total. The van der Waals surface area contributed by atoms with Crippen LogP contribution in [0.25, 0.3) is 0 Å². The van der Waals surface area contributed by atoms with Crippen LogP contribution in [0.1, 0.15) is 78.1 Å². The summed E-state index contributed by atoms with van der Waals surface area (Å²) in [7, 11) is 0. The Balaban J connectivity index is 3.23. The van der Waals surface area contributed by atoms with Gasteiger partial charge in [0, 0.05) is 11.4 Å². The average Bonchev–Trinajstić information content (AvgIpc) is 2.46. The maximum Gasteiger partial charge on any atom is 0.311 e. The molecule has 138 valence electrons. The Bertz CT molecular complexity index is 370. The minimum atomic E-state index is -0.307. The van der Waals surface area contributed by atoms with Crippen molar-refractivity contribution in [3.8, 4) is 0 Å². The van der Waals surface area contributed by atoms with Crippen molar-refractivity contribution < 1.29 is 19.1 Å². The molecule has 0 aliphatic heterocycles. The third-order valence-corrected chi connectivity index (χ3v) is 3.38. The molecule has 0 aromatic rings. The standard InChI is InChI=1S/C18H32N2O4/c1-15(19)13-17(21)23-11-9-7-5-3-4-6-8-10-12-24-18(22)14-16(2)20/h19-20H,3-14H2,1-2H3. The van der Waals surface area contributed by atoms with Crippen LogP contribution < -0.4 is 0 Å². The molecule has 0 bridgehead atoms. The van der Waals surface area contributed by atoms with E-state index in [0.717, 1.165) is 38.5 Å². The number of carbonyl (C=O) groups is 2. The number of nitrogens with one attached hydrogen (secondary N) is 2. The lowest BCUT2D eigenvalue weighted by atomic mass is 10.1. The van der Waals surface area contributed by atoms with Crippen molar-refractivity contribution in [3.05, 3.63) is 0 Å². The number of rotatable bonds is 15. The van der Waals surface area contributed by atoms with Gasteiger partial charge in [0.05, 0.1) is 26.1 Å². The van der Waals surface area contributed by atoms with Crippen molar-refractivity contribution in [2.45, 2.75) is 78.1 Å². The SMILES string of the molecule is CC(=N)CC(=O)OCCCCCCCCCCOC(=O)CC(C)=N. The zero-order valence-corrected chi connectivity index (χ0v) is 15.1. The minimum Gasteiger partial charge on any atom is -0.465 e. The summed E-state index contributed by atoms with van der Waals surface area (Å²) in [6.45, 7) is 4.10. The van der Waals surface area contributed by atoms with E-state index in [9.17, 15) is 9.59 Å². The van der Waals surface area contributed by atoms with Crippen molar-refractivity contribution in [1.29, 1.82) is 10.8 Å². The molecule has 0 heterocycles. The number of esters is 2. The molecule has 0 aromatic heterocycles. The summed E-state index contributed by atoms with van der Waals surface area (Å²) in [6, 6.07) is 0. The van der Waals surface area contributed by atoms with E-state index in [1.165, 1.54) is 12.8 Å². The highest BCUT2D eigenvalue weighted by Crippen LogP contribution is 2.09. The molecule has 0 aromatic carbocycles. The molecule has 0 atom stereocenters. The molecule has 0 amide bonds. The van der Waals surface area contributed by atoms with Crippen LogP contribution in [0.5, 0.6) is 0 Å². The van der Waals surface area contributed by atoms with Crippen LogP contribution in [0.4, 0.5) is 0 Å². The van der Waals surface area contributed by atoms with E-state index in [1.54, 1.807) is 13.8 Å². The minimum absolute atomic E-state index is 0.0935. The molecule has 0 saturated heterocycles. The lowest BCUT2D eigenvalue weighted by Crippen LogP contribution is -2.09. The zero-order chi connectivity index (χ0) is 18.2. The topological polar surface area (TPSA) is 100 Å². The quantitative estimate of drug-likeness (QED) is 0.267. The van der Waals surface area contributed by atoms with Gasteiger partial charge in [-0.3, -0.25) is 9.59 Å². The fourth-order valence-corrected chi connectivity index (χ4v) is 2.17. The van der Waals surface area contributed by atoms with Gasteiger partial charge in [-0.25, -0.2) is 0 Å². The van der Waals surface area contributed by atoms with Crippen LogP contribution in [0.2, 0.25) is 0 Å². The van der Waals surface area contributed by atoms with Gasteiger partial charge in [0.15, 0.2) is 0 Å². The third-order valence-electron chi connectivity index (χ3n) is 3.38. The first-order valence-electron chi connectivity index (χ1n) is 8.81. The summed E-state index contributed by atoms with van der Waals surface area (Å²) in [6.07, 6.45) is 8.65. The van der Waals surface area contributed by atoms with E-state index in [2.05, 4.69) is 0 Å². The molecule has 0 rings (SSSR count). The summed E-state index contributed by atoms with van der Waals surface area (Å²) in [4.78, 5) is 22.4. The maximum atomic E-state index is 11.2. The van der Waals surface area contributed by atoms with Crippen LogP contribution in [0, 0.1) is 10.8 Å². The van der Waals surface area contributed by atoms with Crippen molar-refractivity contribution in [1.82, 2.24) is 0 Å². The molecule has 6 heteroatoms. The second-order valence-electron chi connectivity index (χ2n) is 6.18. The lowest BCUT2D eigenvalue weighted by Gasteiger charge is -2.05. The van der Waals surface area contributed by atoms with Crippen LogP contribution in [0.15, 0.2) is 0 Å². The second-order valence-corrected chi connectivity index (χ2v) is 6.18. The second kappa shape index (κ2) is 14.8. The Hall–Kier alpha value is -1.72. The lowest BCUT2D eigenvalue weighted by molar-refractivity contribution is -0.143. The maximum absolute atomic E-state index is 11.2. The van der Waals surface area contributed by atoms with Gasteiger partial charge >= 0.3 is 11.9 Å². The molecule has 0 saturated carbocycles. The average molecular weight is 340 g/mol. The van der Waals surface area contributed by atoms with Crippen molar-refractivity contribution in [3.63, 3.8) is 0 Å². The molecule has 0 fully saturated rings. The summed E-state index contributed by atoms with van der Waals surface area (Å²) in [5.41, 5.74) is 0.666. The van der Waals surface area contributed by atoms with Gasteiger partial charge in [-0.05, 0) is 26.7 Å². The summed E-state index contributed by atoms with van der Waals surface area (Å²) in [5, 5.41) is 14.4. The monoisotopic (exact) mass is 340 g/mol. The molecule has 2 N–H and O–H groups in total. The smallest absolute Gasteiger partial charge is 0.311 e. The molecule has 0 unspecified atom stereocenters. The molecular formula is C18H32N2O4. The summed E-state index contributed by atoms with van der Waals surface area (Å²) in [5.74, 6) is -0.613. The first-order valence-corrected chi connectivity index (χ1v) is 8.81. The zero-order valence-electron chi connectivity index (χ0n) is 15.1. The first-order chi connectivity index (χ1) is 11.4. The van der Waals surface area contributed by atoms with E-state index < -0.39 is 0 Å². The predicted octanol–water partition coefficient (Wildman–Crippen LogP) is 4.05. The van der Waals surface area contributed by atoms with E-state index in [-0.39, 0.29) is 24.8 Å². The number of hydrogen-bond donors (Lipinski definition) is 2. The van der Waals surface area contributed by atoms with E-state index in [4.69, 9.17) is 20.3 Å². The fourth-order valence-electron chi connectivity index (χ4n) is 2.17. The van der Waals surface area contributed by atoms with E-state index in [0.29, 0.717) is 24.6 Å². The van der Waals surface area contributed by atoms with Gasteiger partial charge < -0.3 is 20.3 Å². The van der Waals surface area contributed by atoms with Crippen molar-refractivity contribution >= 4 is 23.4 Å². The van der Waals surface area contributed by atoms with Gasteiger partial charge in [0.2, 0.25) is 0 Å². The summed E-state index contributed by atoms with van der Waals surface area (Å²) >= 11 is 0. The highest BCUT2D eigenvalue weighted by molar-refractivity contribution is 5.96. The van der Waals surface area contributed by atoms with Crippen LogP contribution in [-0.2, 0) is 19.1 Å². The van der Waals surface area contributed by atoms with Crippen LogP contribution >= 0.6 is 0 Å². The van der Waals surface area contributed by atoms with Gasteiger partial charge in [-0.15, -0.1) is 0 Å². The van der Waals surface area contributed by atoms with Crippen LogP contribution in [0.3, 0.4) is 0 Å². The normalized spacial score (nSPS) is 10.2. The van der Waals surface area contributed by atoms with Gasteiger partial charge in [0.25, 0.3) is 0 Å². The predicted molar refractivity (Wildman–Crippen MR) is 94.9 cm³/mol. The third kappa shape index (κ3) is 16.6. The van der Waals surface area contributed by atoms with E-state index in [1.807, 2.05) is 0 Å². The highest BCUT2D eigenvalue weighted by Gasteiger charge is 2.04. The van der Waals surface area contributed by atoms with E-state index >= 15 is 0 Å².